The summed E-state index contributed by atoms with van der Waals surface area (Å²) in [4.78, 5) is 25.4. The molecular formula is C9H18N2O6. The maximum absolute atomic E-state index is 11.0. The Morgan fingerprint density at radius 3 is 2.65 bits per heavy atom. The lowest BCUT2D eigenvalue weighted by Gasteiger charge is -2.06. The number of methoxy groups -OCH3 is 1. The first-order valence-corrected chi connectivity index (χ1v) is 5.11. The highest BCUT2D eigenvalue weighted by molar-refractivity contribution is 5.73. The van der Waals surface area contributed by atoms with Gasteiger partial charge in [0.25, 0.3) is 0 Å². The number of hydroxylamine groups is 1. The van der Waals surface area contributed by atoms with E-state index in [1.807, 2.05) is 5.48 Å². The zero-order chi connectivity index (χ0) is 12.9. The molecule has 0 radical (unpaired) electrons. The normalized spacial score (nSPS) is 9.94. The third-order valence-electron chi connectivity index (χ3n) is 1.54. The molecule has 8 heteroatoms. The van der Waals surface area contributed by atoms with Crippen LogP contribution in [0, 0.1) is 0 Å². The number of hydrogen-bond donors (Lipinski definition) is 3. The van der Waals surface area contributed by atoms with Crippen LogP contribution in [-0.2, 0) is 19.1 Å². The van der Waals surface area contributed by atoms with Crippen LogP contribution >= 0.6 is 0 Å². The summed E-state index contributed by atoms with van der Waals surface area (Å²) in [5, 5.41) is 10.7. The van der Waals surface area contributed by atoms with Gasteiger partial charge in [-0.2, -0.15) is 0 Å². The number of carboxylic acid groups (broad SMARTS) is 1. The summed E-state index contributed by atoms with van der Waals surface area (Å²) < 4.78 is 9.94. The molecule has 8 nitrogen and oxygen atoms in total. The number of aliphatic carboxylic acids is 1. The van der Waals surface area contributed by atoms with Gasteiger partial charge >= 0.3 is 12.0 Å². The van der Waals surface area contributed by atoms with Gasteiger partial charge in [-0.3, -0.25) is 4.84 Å². The van der Waals surface area contributed by atoms with Crippen molar-refractivity contribution in [3.63, 3.8) is 0 Å². The van der Waals surface area contributed by atoms with Gasteiger partial charge in [0, 0.05) is 20.3 Å². The van der Waals surface area contributed by atoms with Crippen LogP contribution in [0.1, 0.15) is 6.42 Å². The molecule has 17 heavy (non-hydrogen) atoms. The molecule has 0 atom stereocenters. The largest absolute Gasteiger partial charge is 0.479 e. The van der Waals surface area contributed by atoms with Gasteiger partial charge in [0.15, 0.2) is 6.61 Å². The number of urea groups is 1. The van der Waals surface area contributed by atoms with Crippen molar-refractivity contribution in [2.75, 3.05) is 40.1 Å². The van der Waals surface area contributed by atoms with Gasteiger partial charge in [-0.15, -0.1) is 0 Å². The van der Waals surface area contributed by atoms with Gasteiger partial charge in [-0.25, -0.2) is 15.1 Å². The molecular weight excluding hydrogens is 232 g/mol. The molecule has 0 aromatic rings. The Labute approximate surface area is 99.2 Å². The Morgan fingerprint density at radius 1 is 1.24 bits per heavy atom. The van der Waals surface area contributed by atoms with Crippen molar-refractivity contribution in [2.24, 2.45) is 0 Å². The molecule has 0 aromatic carbocycles. The standard InChI is InChI=1S/C9H18N2O6/c1-15-5-6-16-4-2-3-10-9(14)11-17-7-8(12)13/h2-7H2,1H3,(H,12,13)(H2,10,11,14). The van der Waals surface area contributed by atoms with Crippen LogP contribution in [0.2, 0.25) is 0 Å². The lowest BCUT2D eigenvalue weighted by molar-refractivity contribution is -0.144. The number of ether oxygens (including phenoxy) is 2. The summed E-state index contributed by atoms with van der Waals surface area (Å²) in [5.41, 5.74) is 1.93. The maximum atomic E-state index is 11.0. The van der Waals surface area contributed by atoms with E-state index >= 15 is 0 Å². The quantitative estimate of drug-likeness (QED) is 0.351. The summed E-state index contributed by atoms with van der Waals surface area (Å²) in [7, 11) is 1.59. The lowest BCUT2D eigenvalue weighted by Crippen LogP contribution is -2.37. The molecule has 3 N–H and O–H groups in total. The topological polar surface area (TPSA) is 106 Å². The molecule has 0 rings (SSSR count). The van der Waals surface area contributed by atoms with Crippen LogP contribution in [0.4, 0.5) is 4.79 Å². The molecule has 0 spiro atoms. The number of amides is 2. The molecule has 0 aliphatic heterocycles. The van der Waals surface area contributed by atoms with Crippen molar-refractivity contribution in [1.82, 2.24) is 10.8 Å². The molecule has 0 saturated heterocycles. The fourth-order valence-corrected chi connectivity index (χ4v) is 0.820. The molecule has 2 amide bonds. The second kappa shape index (κ2) is 11.1. The number of rotatable bonds is 10. The van der Waals surface area contributed by atoms with E-state index in [0.29, 0.717) is 32.8 Å². The van der Waals surface area contributed by atoms with Crippen molar-refractivity contribution in [2.45, 2.75) is 6.42 Å². The number of nitrogens with one attached hydrogen (secondary N) is 2. The van der Waals surface area contributed by atoms with Crippen molar-refractivity contribution < 1.29 is 29.0 Å². The fourth-order valence-electron chi connectivity index (χ4n) is 0.820. The predicted molar refractivity (Wildman–Crippen MR) is 57.4 cm³/mol. The highest BCUT2D eigenvalue weighted by Crippen LogP contribution is 1.81. The highest BCUT2D eigenvalue weighted by Gasteiger charge is 2.01. The monoisotopic (exact) mass is 250 g/mol. The van der Waals surface area contributed by atoms with Gasteiger partial charge in [0.1, 0.15) is 0 Å². The molecule has 0 aromatic heterocycles. The minimum atomic E-state index is -1.16. The summed E-state index contributed by atoms with van der Waals surface area (Å²) >= 11 is 0. The summed E-state index contributed by atoms with van der Waals surface area (Å²) in [6, 6.07) is -0.580. The molecule has 0 bridgehead atoms. The molecule has 0 aliphatic carbocycles. The number of hydrogen-bond acceptors (Lipinski definition) is 5. The minimum absolute atomic E-state index is 0.412. The van der Waals surface area contributed by atoms with Crippen LogP contribution in [-0.4, -0.2) is 57.2 Å². The van der Waals surface area contributed by atoms with Crippen LogP contribution in [0.5, 0.6) is 0 Å². The Hall–Kier alpha value is -1.38. The zero-order valence-electron chi connectivity index (χ0n) is 9.73. The highest BCUT2D eigenvalue weighted by atomic mass is 16.7. The first-order chi connectivity index (χ1) is 8.16. The van der Waals surface area contributed by atoms with E-state index in [4.69, 9.17) is 14.6 Å². The fraction of sp³-hybridized carbons (Fsp3) is 0.778. The van der Waals surface area contributed by atoms with Gasteiger partial charge in [-0.05, 0) is 6.42 Å². The predicted octanol–water partition coefficient (Wildman–Crippen LogP) is -0.645. The van der Waals surface area contributed by atoms with Gasteiger partial charge in [-0.1, -0.05) is 0 Å². The lowest BCUT2D eigenvalue weighted by atomic mass is 10.4. The van der Waals surface area contributed by atoms with Gasteiger partial charge < -0.3 is 19.9 Å². The Bertz CT molecular complexity index is 224. The third-order valence-corrected chi connectivity index (χ3v) is 1.54. The Morgan fingerprint density at radius 2 is 2.00 bits per heavy atom. The van der Waals surface area contributed by atoms with E-state index in [2.05, 4.69) is 10.2 Å². The van der Waals surface area contributed by atoms with E-state index in [1.54, 1.807) is 7.11 Å². The second-order valence-corrected chi connectivity index (χ2v) is 3.00. The van der Waals surface area contributed by atoms with Crippen LogP contribution in [0.3, 0.4) is 0 Å². The average molecular weight is 250 g/mol. The van der Waals surface area contributed by atoms with Crippen molar-refractivity contribution >= 4 is 12.0 Å². The molecule has 0 aliphatic rings. The van der Waals surface area contributed by atoms with E-state index in [-0.39, 0.29) is 0 Å². The summed E-state index contributed by atoms with van der Waals surface area (Å²) in [6.07, 6.45) is 0.649. The Kier molecular flexibility index (Phi) is 10.2. The van der Waals surface area contributed by atoms with Crippen LogP contribution in [0.25, 0.3) is 0 Å². The zero-order valence-corrected chi connectivity index (χ0v) is 9.73. The van der Waals surface area contributed by atoms with E-state index < -0.39 is 18.6 Å². The van der Waals surface area contributed by atoms with Crippen molar-refractivity contribution in [1.29, 1.82) is 0 Å². The average Bonchev–Trinajstić information content (AvgIpc) is 2.27. The van der Waals surface area contributed by atoms with E-state index in [9.17, 15) is 9.59 Å². The maximum Gasteiger partial charge on any atom is 0.338 e. The third kappa shape index (κ3) is 12.6. The smallest absolute Gasteiger partial charge is 0.338 e. The first-order valence-electron chi connectivity index (χ1n) is 5.11. The van der Waals surface area contributed by atoms with Crippen molar-refractivity contribution in [3.8, 4) is 0 Å². The molecule has 0 fully saturated rings. The minimum Gasteiger partial charge on any atom is -0.479 e. The van der Waals surface area contributed by atoms with E-state index in [0.717, 1.165) is 0 Å². The number of carbonyl (C=O) groups excluding carboxylic acids is 1. The number of carboxylic acids is 1. The van der Waals surface area contributed by atoms with Crippen LogP contribution in [0.15, 0.2) is 0 Å². The molecule has 100 valence electrons. The number of carbonyl (C=O) groups is 2. The van der Waals surface area contributed by atoms with E-state index in [1.165, 1.54) is 0 Å². The molecule has 0 heterocycles. The molecule has 0 unspecified atom stereocenters. The SMILES string of the molecule is COCCOCCCNC(=O)NOCC(=O)O. The Balaban J connectivity index is 3.19. The van der Waals surface area contributed by atoms with Crippen molar-refractivity contribution in [3.05, 3.63) is 0 Å². The first kappa shape index (κ1) is 15.6. The molecule has 0 saturated carbocycles. The van der Waals surface area contributed by atoms with Gasteiger partial charge in [0.2, 0.25) is 0 Å². The van der Waals surface area contributed by atoms with Gasteiger partial charge in [0.05, 0.1) is 13.2 Å². The summed E-state index contributed by atoms with van der Waals surface area (Å²) in [5.74, 6) is -1.16. The second-order valence-electron chi connectivity index (χ2n) is 3.00. The van der Waals surface area contributed by atoms with Crippen LogP contribution < -0.4 is 10.8 Å². The summed E-state index contributed by atoms with van der Waals surface area (Å²) in [6.45, 7) is 1.41.